The molecule has 146 valence electrons. The fourth-order valence-corrected chi connectivity index (χ4v) is 9.29. The highest BCUT2D eigenvalue weighted by Gasteiger charge is 2.35. The van der Waals surface area contributed by atoms with E-state index in [-0.39, 0.29) is 11.3 Å². The Hall–Kier alpha value is -1.88. The van der Waals surface area contributed by atoms with Gasteiger partial charge in [0.2, 0.25) is 0 Å². The molecule has 2 unspecified atom stereocenters. The Kier molecular flexibility index (Phi) is 6.13. The lowest BCUT2D eigenvalue weighted by Crippen LogP contribution is -2.28. The maximum absolute atomic E-state index is 14.2. The molecule has 0 aliphatic heterocycles. The quantitative estimate of drug-likeness (QED) is 0.528. The molecule has 0 aromatic heterocycles. The minimum absolute atomic E-state index is 0.0414. The second kappa shape index (κ2) is 8.24. The third-order valence-electron chi connectivity index (χ3n) is 5.33. The Morgan fingerprint density at radius 2 is 0.821 bits per heavy atom. The summed E-state index contributed by atoms with van der Waals surface area (Å²) in [6, 6.07) is 27.0. The maximum atomic E-state index is 14.2. The van der Waals surface area contributed by atoms with Gasteiger partial charge >= 0.3 is 0 Å². The first kappa shape index (κ1) is 20.8. The van der Waals surface area contributed by atoms with Gasteiger partial charge in [0.15, 0.2) is 0 Å². The summed E-state index contributed by atoms with van der Waals surface area (Å²) in [5.41, 5.74) is -0.0828. The fourth-order valence-electron chi connectivity index (χ4n) is 3.70. The van der Waals surface area contributed by atoms with Crippen LogP contribution in [0.3, 0.4) is 0 Å². The van der Waals surface area contributed by atoms with Crippen molar-refractivity contribution in [1.29, 1.82) is 0 Å². The Morgan fingerprint density at radius 1 is 0.500 bits per heavy atom. The van der Waals surface area contributed by atoms with E-state index in [4.69, 9.17) is 0 Å². The summed E-state index contributed by atoms with van der Waals surface area (Å²) in [4.78, 5) is 0. The second-order valence-corrected chi connectivity index (χ2v) is 14.5. The van der Waals surface area contributed by atoms with Crippen LogP contribution >= 0.6 is 14.3 Å². The number of benzene rings is 3. The van der Waals surface area contributed by atoms with Crippen LogP contribution < -0.4 is 21.2 Å². The molecule has 0 aliphatic rings. The van der Waals surface area contributed by atoms with Crippen LogP contribution in [0.15, 0.2) is 84.9 Å². The summed E-state index contributed by atoms with van der Waals surface area (Å²) in [5.74, 6) is 0. The van der Waals surface area contributed by atoms with Crippen LogP contribution in [0.2, 0.25) is 0 Å². The highest BCUT2D eigenvalue weighted by molar-refractivity contribution is 7.80. The molecule has 3 rings (SSSR count). The van der Waals surface area contributed by atoms with Crippen molar-refractivity contribution in [3.8, 4) is 0 Å². The zero-order valence-electron chi connectivity index (χ0n) is 16.9. The third kappa shape index (κ3) is 3.57. The van der Waals surface area contributed by atoms with E-state index in [9.17, 15) is 9.13 Å². The molecule has 0 fully saturated rings. The lowest BCUT2D eigenvalue weighted by molar-refractivity contribution is 0.581. The Bertz CT molecular complexity index is 944. The highest BCUT2D eigenvalue weighted by atomic mass is 31.2. The molecule has 0 bridgehead atoms. The molecule has 3 aromatic rings. The van der Waals surface area contributed by atoms with Gasteiger partial charge in [0.05, 0.1) is 0 Å². The van der Waals surface area contributed by atoms with Crippen molar-refractivity contribution in [2.75, 3.05) is 0 Å². The molecule has 0 aliphatic carbocycles. The molecule has 0 spiro atoms. The van der Waals surface area contributed by atoms with E-state index >= 15 is 0 Å². The fraction of sp³-hybridized carbons (Fsp3) is 0.250. The minimum atomic E-state index is -2.84. The molecule has 0 heterocycles. The van der Waals surface area contributed by atoms with E-state index in [1.165, 1.54) is 0 Å². The number of rotatable bonds is 6. The van der Waals surface area contributed by atoms with Crippen molar-refractivity contribution in [1.82, 2.24) is 0 Å². The molecule has 0 radical (unpaired) electrons. The average Bonchev–Trinajstić information content (AvgIpc) is 2.73. The molecule has 0 saturated heterocycles. The van der Waals surface area contributed by atoms with Crippen LogP contribution in [0.4, 0.5) is 0 Å². The molecule has 0 N–H and O–H groups in total. The van der Waals surface area contributed by atoms with Crippen molar-refractivity contribution < 1.29 is 9.13 Å². The second-order valence-electron chi connectivity index (χ2n) is 7.69. The predicted molar refractivity (Wildman–Crippen MR) is 123 cm³/mol. The van der Waals surface area contributed by atoms with E-state index in [2.05, 4.69) is 0 Å². The van der Waals surface area contributed by atoms with Crippen molar-refractivity contribution >= 4 is 35.5 Å². The van der Waals surface area contributed by atoms with Gasteiger partial charge in [0, 0.05) is 32.5 Å². The van der Waals surface area contributed by atoms with Crippen LogP contribution in [0.25, 0.3) is 0 Å². The van der Waals surface area contributed by atoms with E-state index < -0.39 is 14.3 Å². The van der Waals surface area contributed by atoms with Gasteiger partial charge in [0.1, 0.15) is 14.3 Å². The zero-order chi connectivity index (χ0) is 20.4. The van der Waals surface area contributed by atoms with E-state index in [0.29, 0.717) is 0 Å². The van der Waals surface area contributed by atoms with Gasteiger partial charge in [-0.15, -0.1) is 0 Å². The first-order chi connectivity index (χ1) is 13.3. The maximum Gasteiger partial charge on any atom is 0.145 e. The molecule has 4 heteroatoms. The average molecular weight is 410 g/mol. The van der Waals surface area contributed by atoms with Gasteiger partial charge in [-0.25, -0.2) is 0 Å². The van der Waals surface area contributed by atoms with E-state index in [0.717, 1.165) is 21.2 Å². The topological polar surface area (TPSA) is 34.1 Å². The summed E-state index contributed by atoms with van der Waals surface area (Å²) < 4.78 is 28.4. The largest absolute Gasteiger partial charge is 0.313 e. The van der Waals surface area contributed by atoms with Gasteiger partial charge in [0.25, 0.3) is 0 Å². The molecular weight excluding hydrogens is 382 g/mol. The molecule has 2 nitrogen and oxygen atoms in total. The van der Waals surface area contributed by atoms with Crippen LogP contribution in [-0.4, -0.2) is 11.3 Å². The number of hydrogen-bond donors (Lipinski definition) is 0. The van der Waals surface area contributed by atoms with Crippen molar-refractivity contribution in [2.24, 2.45) is 0 Å². The molecule has 2 atom stereocenters. The SMILES string of the molecule is CC(C)P(=O)(c1ccccc1)c1cccc(P(=O)(c2ccccc2)C(C)C)c1. The van der Waals surface area contributed by atoms with Crippen molar-refractivity contribution in [3.05, 3.63) is 84.9 Å². The lowest BCUT2D eigenvalue weighted by atomic mass is 10.4. The minimum Gasteiger partial charge on any atom is -0.313 e. The smallest absolute Gasteiger partial charge is 0.145 e. The summed E-state index contributed by atoms with van der Waals surface area (Å²) in [7, 11) is -5.67. The van der Waals surface area contributed by atoms with Crippen LogP contribution in [0.5, 0.6) is 0 Å². The molecule has 0 saturated carbocycles. The first-order valence-electron chi connectivity index (χ1n) is 9.73. The normalized spacial score (nSPS) is 15.9. The van der Waals surface area contributed by atoms with Crippen LogP contribution in [-0.2, 0) is 9.13 Å². The van der Waals surface area contributed by atoms with Gasteiger partial charge in [-0.05, 0) is 6.07 Å². The van der Waals surface area contributed by atoms with Gasteiger partial charge in [-0.2, -0.15) is 0 Å². The molecule has 28 heavy (non-hydrogen) atoms. The Labute approximate surface area is 168 Å². The lowest BCUT2D eigenvalue weighted by Gasteiger charge is -2.27. The summed E-state index contributed by atoms with van der Waals surface area (Å²) >= 11 is 0. The molecule has 3 aromatic carbocycles. The standard InChI is InChI=1S/C24H28O2P2/c1-19(2)27(25,21-12-7-5-8-13-21)23-16-11-17-24(18-23)28(26,20(3)4)22-14-9-6-10-15-22/h5-20H,1-4H3. The van der Waals surface area contributed by atoms with Crippen LogP contribution in [0, 0.1) is 0 Å². The highest BCUT2D eigenvalue weighted by Crippen LogP contribution is 2.51. The monoisotopic (exact) mass is 410 g/mol. The Morgan fingerprint density at radius 3 is 1.14 bits per heavy atom. The summed E-state index contributed by atoms with van der Waals surface area (Å²) in [6.07, 6.45) is 0. The van der Waals surface area contributed by atoms with E-state index in [1.54, 1.807) is 0 Å². The summed E-state index contributed by atoms with van der Waals surface area (Å²) in [5, 5.41) is 3.26. The number of hydrogen-bond acceptors (Lipinski definition) is 2. The molecular formula is C24H28O2P2. The van der Waals surface area contributed by atoms with Crippen molar-refractivity contribution in [2.45, 2.75) is 39.0 Å². The van der Waals surface area contributed by atoms with Crippen molar-refractivity contribution in [3.63, 3.8) is 0 Å². The zero-order valence-corrected chi connectivity index (χ0v) is 18.7. The predicted octanol–water partition coefficient (Wildman–Crippen LogP) is 5.13. The Balaban J connectivity index is 2.21. The van der Waals surface area contributed by atoms with E-state index in [1.807, 2.05) is 113 Å². The first-order valence-corrected chi connectivity index (χ1v) is 13.3. The van der Waals surface area contributed by atoms with Gasteiger partial charge < -0.3 is 9.13 Å². The molecule has 0 amide bonds. The summed E-state index contributed by atoms with van der Waals surface area (Å²) in [6.45, 7) is 8.00. The van der Waals surface area contributed by atoms with Gasteiger partial charge in [-0.1, -0.05) is 107 Å². The third-order valence-corrected chi connectivity index (χ3v) is 12.5. The van der Waals surface area contributed by atoms with Gasteiger partial charge in [-0.3, -0.25) is 0 Å². The van der Waals surface area contributed by atoms with Crippen LogP contribution in [0.1, 0.15) is 27.7 Å².